The highest BCUT2D eigenvalue weighted by molar-refractivity contribution is 5.96. The number of alkyl halides is 1. The third kappa shape index (κ3) is 7.08. The monoisotopic (exact) mass is 485 g/mol. The Balaban J connectivity index is 1.34. The Hall–Kier alpha value is -2.84. The van der Waals surface area contributed by atoms with E-state index < -0.39 is 24.3 Å². The summed E-state index contributed by atoms with van der Waals surface area (Å²) in [4.78, 5) is 26.5. The highest BCUT2D eigenvalue weighted by Gasteiger charge is 2.37. The van der Waals surface area contributed by atoms with E-state index in [2.05, 4.69) is 15.5 Å². The summed E-state index contributed by atoms with van der Waals surface area (Å²) in [5.74, 6) is 0.100. The van der Waals surface area contributed by atoms with Crippen molar-refractivity contribution in [2.24, 2.45) is 5.92 Å². The molecule has 2 aromatic carbocycles. The second kappa shape index (κ2) is 11.7. The van der Waals surface area contributed by atoms with Crippen molar-refractivity contribution >= 4 is 17.5 Å². The van der Waals surface area contributed by atoms with Gasteiger partial charge in [-0.25, -0.2) is 13.6 Å². The molecule has 2 saturated heterocycles. The van der Waals surface area contributed by atoms with E-state index in [1.54, 1.807) is 24.3 Å². The number of carbonyl (C=O) groups excluding carboxylic acids is 2. The normalized spacial score (nSPS) is 25.1. The number of urea groups is 1. The van der Waals surface area contributed by atoms with Gasteiger partial charge in [0.15, 0.2) is 5.78 Å². The molecule has 6 nitrogen and oxygen atoms in total. The summed E-state index contributed by atoms with van der Waals surface area (Å²) in [5, 5.41) is 5.47. The number of Topliss-reactive ketones (excluding diaryl/α,β-unsaturated/α-hetero) is 1. The number of halogens is 2. The van der Waals surface area contributed by atoms with Gasteiger partial charge in [-0.3, -0.25) is 4.79 Å². The smallest absolute Gasteiger partial charge is 0.319 e. The summed E-state index contributed by atoms with van der Waals surface area (Å²) in [6, 6.07) is 12.0. The van der Waals surface area contributed by atoms with Crippen LogP contribution >= 0.6 is 0 Å². The molecular weight excluding hydrogens is 452 g/mol. The van der Waals surface area contributed by atoms with Gasteiger partial charge in [0, 0.05) is 37.4 Å². The lowest BCUT2D eigenvalue weighted by Crippen LogP contribution is -2.58. The van der Waals surface area contributed by atoms with Crippen molar-refractivity contribution in [2.45, 2.75) is 50.9 Å². The van der Waals surface area contributed by atoms with Gasteiger partial charge in [-0.1, -0.05) is 24.3 Å². The first-order valence-corrected chi connectivity index (χ1v) is 12.3. The molecule has 4 atom stereocenters. The summed E-state index contributed by atoms with van der Waals surface area (Å²) in [5.41, 5.74) is 2.07. The van der Waals surface area contributed by atoms with Crippen LogP contribution in [-0.2, 0) is 11.2 Å². The van der Waals surface area contributed by atoms with Gasteiger partial charge in [-0.2, -0.15) is 0 Å². The second-order valence-corrected chi connectivity index (χ2v) is 9.57. The SMILES string of the molecule is CC(=O)c1cccc(NC(=O)N[C@@H]2[C@H](F)CCO[C@@H]2CN2CCC[C@@H](Cc3ccc(F)cc3)C2)c1. The number of piperidine rings is 1. The first-order chi connectivity index (χ1) is 16.9. The second-order valence-electron chi connectivity index (χ2n) is 9.57. The Kier molecular flexibility index (Phi) is 8.46. The number of rotatable bonds is 7. The molecule has 0 saturated carbocycles. The van der Waals surface area contributed by atoms with Gasteiger partial charge < -0.3 is 20.3 Å². The van der Waals surface area contributed by atoms with Crippen LogP contribution in [0.2, 0.25) is 0 Å². The number of nitrogens with zero attached hydrogens (tertiary/aromatic N) is 1. The summed E-state index contributed by atoms with van der Waals surface area (Å²) in [7, 11) is 0. The molecule has 0 spiro atoms. The minimum atomic E-state index is -1.21. The zero-order valence-corrected chi connectivity index (χ0v) is 20.0. The minimum absolute atomic E-state index is 0.0992. The number of ketones is 1. The molecule has 2 N–H and O–H groups in total. The highest BCUT2D eigenvalue weighted by Crippen LogP contribution is 2.24. The van der Waals surface area contributed by atoms with E-state index in [4.69, 9.17) is 4.74 Å². The van der Waals surface area contributed by atoms with Crippen LogP contribution in [0, 0.1) is 11.7 Å². The van der Waals surface area contributed by atoms with E-state index in [-0.39, 0.29) is 18.0 Å². The Bertz CT molecular complexity index is 1020. The molecule has 0 bridgehead atoms. The predicted octanol–water partition coefficient (Wildman–Crippen LogP) is 4.60. The Labute approximate surface area is 205 Å². The molecule has 2 aromatic rings. The molecule has 0 unspecified atom stereocenters. The van der Waals surface area contributed by atoms with Crippen LogP contribution in [-0.4, -0.2) is 61.3 Å². The van der Waals surface area contributed by atoms with Crippen LogP contribution < -0.4 is 10.6 Å². The Morgan fingerprint density at radius 2 is 1.94 bits per heavy atom. The van der Waals surface area contributed by atoms with Crippen LogP contribution in [0.25, 0.3) is 0 Å². The quantitative estimate of drug-likeness (QED) is 0.563. The summed E-state index contributed by atoms with van der Waals surface area (Å²) in [6.07, 6.45) is 1.56. The molecule has 0 radical (unpaired) electrons. The highest BCUT2D eigenvalue weighted by atomic mass is 19.1. The number of ether oxygens (including phenoxy) is 1. The topological polar surface area (TPSA) is 70.7 Å². The lowest BCUT2D eigenvalue weighted by molar-refractivity contribution is -0.0599. The van der Waals surface area contributed by atoms with Crippen molar-refractivity contribution in [2.75, 3.05) is 31.6 Å². The first-order valence-electron chi connectivity index (χ1n) is 12.3. The predicted molar refractivity (Wildman–Crippen MR) is 131 cm³/mol. The number of nitrogens with one attached hydrogen (secondary N) is 2. The Morgan fingerprint density at radius 3 is 2.71 bits per heavy atom. The van der Waals surface area contributed by atoms with Gasteiger partial charge in [0.05, 0.1) is 12.1 Å². The van der Waals surface area contributed by atoms with Crippen LogP contribution in [0.4, 0.5) is 19.3 Å². The van der Waals surface area contributed by atoms with Gasteiger partial charge >= 0.3 is 6.03 Å². The van der Waals surface area contributed by atoms with Gasteiger partial charge in [-0.15, -0.1) is 0 Å². The molecule has 4 rings (SSSR count). The van der Waals surface area contributed by atoms with E-state index in [1.807, 2.05) is 12.1 Å². The fourth-order valence-electron chi connectivity index (χ4n) is 5.02. The number of hydrogen-bond donors (Lipinski definition) is 2. The average molecular weight is 486 g/mol. The number of amides is 2. The van der Waals surface area contributed by atoms with Crippen molar-refractivity contribution in [1.82, 2.24) is 10.2 Å². The first kappa shape index (κ1) is 25.3. The molecule has 2 heterocycles. The number of hydrogen-bond acceptors (Lipinski definition) is 4. The Morgan fingerprint density at radius 1 is 1.14 bits per heavy atom. The fourth-order valence-corrected chi connectivity index (χ4v) is 5.02. The van der Waals surface area contributed by atoms with Crippen molar-refractivity contribution in [3.05, 3.63) is 65.5 Å². The molecule has 0 aromatic heterocycles. The molecule has 2 aliphatic rings. The molecular formula is C27H33F2N3O3. The summed E-state index contributed by atoms with van der Waals surface area (Å²) >= 11 is 0. The third-order valence-electron chi connectivity index (χ3n) is 6.82. The molecule has 35 heavy (non-hydrogen) atoms. The van der Waals surface area contributed by atoms with Crippen LogP contribution in [0.3, 0.4) is 0 Å². The van der Waals surface area contributed by atoms with Crippen LogP contribution in [0.1, 0.15) is 42.1 Å². The summed E-state index contributed by atoms with van der Waals surface area (Å²) < 4.78 is 34.0. The van der Waals surface area contributed by atoms with Gasteiger partial charge in [-0.05, 0) is 68.5 Å². The number of benzene rings is 2. The largest absolute Gasteiger partial charge is 0.375 e. The van der Waals surface area contributed by atoms with E-state index in [1.165, 1.54) is 19.1 Å². The van der Waals surface area contributed by atoms with Crippen molar-refractivity contribution in [3.8, 4) is 0 Å². The van der Waals surface area contributed by atoms with Crippen molar-refractivity contribution in [1.29, 1.82) is 0 Å². The molecule has 2 fully saturated rings. The standard InChI is InChI=1S/C27H33F2N3O3/c1-18(33)21-5-2-6-23(15-21)30-27(34)31-26-24(29)11-13-35-25(26)17-32-12-3-4-20(16-32)14-19-7-9-22(28)10-8-19/h2,5-10,15,20,24-26H,3-4,11-14,16-17H2,1H3,(H2,30,31,34)/t20-,24+,25+,26+/m0/s1. The zero-order chi connectivity index (χ0) is 24.8. The fraction of sp³-hybridized carbons (Fsp3) is 0.481. The maximum Gasteiger partial charge on any atom is 0.319 e. The van der Waals surface area contributed by atoms with Crippen molar-refractivity contribution < 1.29 is 23.1 Å². The maximum atomic E-state index is 14.9. The summed E-state index contributed by atoms with van der Waals surface area (Å²) in [6.45, 7) is 4.06. The van der Waals surface area contributed by atoms with E-state index in [9.17, 15) is 18.4 Å². The van der Waals surface area contributed by atoms with Crippen molar-refractivity contribution in [3.63, 3.8) is 0 Å². The lowest BCUT2D eigenvalue weighted by atomic mass is 9.90. The molecule has 188 valence electrons. The van der Waals surface area contributed by atoms with E-state index in [0.29, 0.717) is 30.3 Å². The minimum Gasteiger partial charge on any atom is -0.375 e. The average Bonchev–Trinajstić information content (AvgIpc) is 2.83. The number of anilines is 1. The third-order valence-corrected chi connectivity index (χ3v) is 6.82. The van der Waals surface area contributed by atoms with Gasteiger partial charge in [0.1, 0.15) is 12.0 Å². The molecule has 0 aliphatic carbocycles. The maximum absolute atomic E-state index is 14.9. The lowest BCUT2D eigenvalue weighted by Gasteiger charge is -2.40. The number of carbonyl (C=O) groups is 2. The molecule has 8 heteroatoms. The molecule has 2 amide bonds. The zero-order valence-electron chi connectivity index (χ0n) is 20.0. The van der Waals surface area contributed by atoms with E-state index >= 15 is 0 Å². The van der Waals surface area contributed by atoms with Crippen LogP contribution in [0.5, 0.6) is 0 Å². The van der Waals surface area contributed by atoms with Gasteiger partial charge in [0.25, 0.3) is 0 Å². The van der Waals surface area contributed by atoms with Crippen LogP contribution in [0.15, 0.2) is 48.5 Å². The molecule has 2 aliphatic heterocycles. The van der Waals surface area contributed by atoms with Gasteiger partial charge in [0.2, 0.25) is 0 Å². The number of likely N-dealkylation sites (tertiary alicyclic amines) is 1. The van der Waals surface area contributed by atoms with E-state index in [0.717, 1.165) is 37.9 Å².